The first-order valence-corrected chi connectivity index (χ1v) is 10.5. The first kappa shape index (κ1) is 23.8. The van der Waals surface area contributed by atoms with Crippen LogP contribution in [0.5, 0.6) is 0 Å². The number of alkyl halides is 1. The molecule has 2 aromatic carbocycles. The molecule has 1 amide bonds. The summed E-state index contributed by atoms with van der Waals surface area (Å²) in [6.45, 7) is 0.474. The molecule has 9 heteroatoms. The number of halogens is 1. The van der Waals surface area contributed by atoms with Gasteiger partial charge in [0.2, 0.25) is 5.91 Å². The topological polar surface area (TPSA) is 118 Å². The number of amides is 1. The molecule has 1 heterocycles. The van der Waals surface area contributed by atoms with Crippen LogP contribution >= 0.6 is 0 Å². The van der Waals surface area contributed by atoms with Gasteiger partial charge >= 0.3 is 5.97 Å². The summed E-state index contributed by atoms with van der Waals surface area (Å²) >= 11 is 0. The Hall–Kier alpha value is -3.88. The van der Waals surface area contributed by atoms with Gasteiger partial charge in [-0.3, -0.25) is 19.2 Å². The number of carbonyl (C=O) groups is 3. The molecule has 1 aromatic heterocycles. The van der Waals surface area contributed by atoms with E-state index in [1.54, 1.807) is 6.92 Å². The fourth-order valence-electron chi connectivity index (χ4n) is 3.69. The fraction of sp³-hybridized carbons (Fsp3) is 0.292. The van der Waals surface area contributed by atoms with Crippen molar-refractivity contribution >= 4 is 28.4 Å². The van der Waals surface area contributed by atoms with Gasteiger partial charge in [-0.2, -0.15) is 5.10 Å². The fourth-order valence-corrected chi connectivity index (χ4v) is 3.69. The van der Waals surface area contributed by atoms with Gasteiger partial charge in [0.15, 0.2) is 5.78 Å². The van der Waals surface area contributed by atoms with E-state index in [4.69, 9.17) is 5.11 Å². The minimum Gasteiger partial charge on any atom is -0.481 e. The third kappa shape index (κ3) is 5.68. The van der Waals surface area contributed by atoms with Gasteiger partial charge < -0.3 is 10.4 Å². The summed E-state index contributed by atoms with van der Waals surface area (Å²) in [5.74, 6) is -4.06. The van der Waals surface area contributed by atoms with Gasteiger partial charge in [-0.05, 0) is 34.9 Å². The molecule has 0 aliphatic heterocycles. The van der Waals surface area contributed by atoms with E-state index in [-0.39, 0.29) is 18.5 Å². The second-order valence-corrected chi connectivity index (χ2v) is 7.65. The highest BCUT2D eigenvalue weighted by molar-refractivity contribution is 5.94. The molecule has 2 atom stereocenters. The minimum atomic E-state index is -1.50. The number of ketones is 1. The number of fused-ring (bicyclic) bond motifs is 1. The largest absolute Gasteiger partial charge is 0.481 e. The number of nitrogens with one attached hydrogen (secondary N) is 1. The number of hydrogen-bond donors (Lipinski definition) is 2. The van der Waals surface area contributed by atoms with Crippen LogP contribution in [-0.2, 0) is 20.9 Å². The maximum atomic E-state index is 13.1. The Kier molecular flexibility index (Phi) is 7.66. The normalized spacial score (nSPS) is 12.8. The van der Waals surface area contributed by atoms with Crippen LogP contribution in [0.4, 0.5) is 4.39 Å². The number of carboxylic acids is 1. The molecule has 0 saturated carbocycles. The molecule has 8 nitrogen and oxygen atoms in total. The molecule has 172 valence electrons. The third-order valence-corrected chi connectivity index (χ3v) is 5.40. The van der Waals surface area contributed by atoms with E-state index < -0.39 is 48.3 Å². The molecule has 0 fully saturated rings. The smallest absolute Gasteiger partial charge is 0.305 e. The van der Waals surface area contributed by atoms with Crippen LogP contribution in [0, 0.1) is 0 Å². The lowest BCUT2D eigenvalue weighted by Crippen LogP contribution is -2.45. The van der Waals surface area contributed by atoms with E-state index in [1.807, 2.05) is 42.5 Å². The number of hydrogen-bond acceptors (Lipinski definition) is 5. The highest BCUT2D eigenvalue weighted by Crippen LogP contribution is 2.18. The van der Waals surface area contributed by atoms with E-state index in [0.717, 1.165) is 16.3 Å². The second-order valence-electron chi connectivity index (χ2n) is 7.65. The second kappa shape index (κ2) is 10.6. The predicted molar refractivity (Wildman–Crippen MR) is 120 cm³/mol. The average Bonchev–Trinajstić information content (AvgIpc) is 2.80. The molecule has 33 heavy (non-hydrogen) atoms. The summed E-state index contributed by atoms with van der Waals surface area (Å²) in [5.41, 5.74) is 0.542. The number of carbonyl (C=O) groups excluding carboxylic acids is 2. The van der Waals surface area contributed by atoms with Gasteiger partial charge in [0.05, 0.1) is 18.9 Å². The van der Waals surface area contributed by atoms with Crippen molar-refractivity contribution in [2.45, 2.75) is 38.3 Å². The summed E-state index contributed by atoms with van der Waals surface area (Å²) < 4.78 is 14.1. The van der Waals surface area contributed by atoms with E-state index in [0.29, 0.717) is 0 Å². The zero-order valence-electron chi connectivity index (χ0n) is 18.0. The molecule has 3 rings (SSSR count). The molecule has 2 N–H and O–H groups in total. The van der Waals surface area contributed by atoms with Gasteiger partial charge in [0.1, 0.15) is 12.7 Å². The Bertz CT molecular complexity index is 1240. The Labute approximate surface area is 189 Å². The molecule has 0 radical (unpaired) electrons. The molecule has 0 bridgehead atoms. The van der Waals surface area contributed by atoms with Crippen LogP contribution in [0.1, 0.15) is 36.8 Å². The van der Waals surface area contributed by atoms with Crippen molar-refractivity contribution in [3.05, 3.63) is 76.2 Å². The summed E-state index contributed by atoms with van der Waals surface area (Å²) in [5, 5.41) is 17.5. The van der Waals surface area contributed by atoms with Crippen LogP contribution in [0.15, 0.2) is 59.5 Å². The van der Waals surface area contributed by atoms with E-state index in [1.165, 1.54) is 16.9 Å². The van der Waals surface area contributed by atoms with Crippen molar-refractivity contribution in [2.24, 2.45) is 0 Å². The lowest BCUT2D eigenvalue weighted by atomic mass is 9.96. The standard InChI is InChI=1S/C24H24FN3O5/c1-2-18(23(32)27-20(12-22(30)31)21(29)13-25)19-9-10-26-28(24(19)33)14-15-7-8-16-5-3-4-6-17(16)11-15/h3-11,18,20H,2,12-14H2,1H3,(H,27,32)(H,30,31). The van der Waals surface area contributed by atoms with Gasteiger partial charge in [-0.25, -0.2) is 9.07 Å². The van der Waals surface area contributed by atoms with Gasteiger partial charge in [-0.15, -0.1) is 0 Å². The quantitative estimate of drug-likeness (QED) is 0.487. The molecule has 0 aliphatic rings. The molecular formula is C24H24FN3O5. The molecular weight excluding hydrogens is 429 g/mol. The van der Waals surface area contributed by atoms with Crippen molar-refractivity contribution in [1.82, 2.24) is 15.1 Å². The van der Waals surface area contributed by atoms with Crippen molar-refractivity contribution < 1.29 is 23.9 Å². The first-order chi connectivity index (χ1) is 15.8. The van der Waals surface area contributed by atoms with E-state index in [2.05, 4.69) is 10.4 Å². The van der Waals surface area contributed by atoms with Crippen LogP contribution in [0.2, 0.25) is 0 Å². The number of aliphatic carboxylic acids is 1. The molecule has 0 aliphatic carbocycles. The summed E-state index contributed by atoms with van der Waals surface area (Å²) in [6.07, 6.45) is 0.882. The molecule has 3 aromatic rings. The Morgan fingerprint density at radius 1 is 1.12 bits per heavy atom. The molecule has 0 saturated heterocycles. The lowest BCUT2D eigenvalue weighted by molar-refractivity contribution is -0.140. The van der Waals surface area contributed by atoms with E-state index in [9.17, 15) is 23.6 Å². The van der Waals surface area contributed by atoms with Gasteiger partial charge in [0, 0.05) is 11.8 Å². The van der Waals surface area contributed by atoms with E-state index >= 15 is 0 Å². The van der Waals surface area contributed by atoms with Crippen molar-refractivity contribution in [3.8, 4) is 0 Å². The number of nitrogens with zero attached hydrogens (tertiary/aromatic N) is 2. The Morgan fingerprint density at radius 3 is 2.52 bits per heavy atom. The Morgan fingerprint density at radius 2 is 1.85 bits per heavy atom. The van der Waals surface area contributed by atoms with Crippen LogP contribution < -0.4 is 10.9 Å². The van der Waals surface area contributed by atoms with Gasteiger partial charge in [0.25, 0.3) is 5.56 Å². The number of Topliss-reactive ketones (excluding diaryl/α,β-unsaturated/α-hetero) is 1. The maximum absolute atomic E-state index is 13.1. The third-order valence-electron chi connectivity index (χ3n) is 5.40. The van der Waals surface area contributed by atoms with Crippen LogP contribution in [0.3, 0.4) is 0 Å². The molecule has 2 unspecified atom stereocenters. The maximum Gasteiger partial charge on any atom is 0.305 e. The molecule has 0 spiro atoms. The summed E-state index contributed by atoms with van der Waals surface area (Å²) in [6, 6.07) is 13.5. The van der Waals surface area contributed by atoms with Crippen LogP contribution in [-0.4, -0.2) is 45.3 Å². The van der Waals surface area contributed by atoms with Crippen molar-refractivity contribution in [2.75, 3.05) is 6.67 Å². The first-order valence-electron chi connectivity index (χ1n) is 10.5. The number of aromatic nitrogens is 2. The zero-order valence-corrected chi connectivity index (χ0v) is 18.0. The van der Waals surface area contributed by atoms with Crippen molar-refractivity contribution in [3.63, 3.8) is 0 Å². The average molecular weight is 453 g/mol. The number of benzene rings is 2. The number of rotatable bonds is 10. The van der Waals surface area contributed by atoms with Crippen LogP contribution in [0.25, 0.3) is 10.8 Å². The zero-order chi connectivity index (χ0) is 24.0. The summed E-state index contributed by atoms with van der Waals surface area (Å²) in [4.78, 5) is 48.6. The van der Waals surface area contributed by atoms with Crippen molar-refractivity contribution in [1.29, 1.82) is 0 Å². The minimum absolute atomic E-state index is 0.160. The monoisotopic (exact) mass is 453 g/mol. The highest BCUT2D eigenvalue weighted by atomic mass is 19.1. The SMILES string of the molecule is CCC(C(=O)NC(CC(=O)O)C(=O)CF)c1ccnn(Cc2ccc3ccccc3c2)c1=O. The predicted octanol–water partition coefficient (Wildman–Crippen LogP) is 2.44. The highest BCUT2D eigenvalue weighted by Gasteiger charge is 2.29. The van der Waals surface area contributed by atoms with Gasteiger partial charge in [-0.1, -0.05) is 43.3 Å². The Balaban J connectivity index is 1.86. The number of carboxylic acid groups (broad SMARTS) is 1. The summed E-state index contributed by atoms with van der Waals surface area (Å²) in [7, 11) is 0. The lowest BCUT2D eigenvalue weighted by Gasteiger charge is -2.20.